The van der Waals surface area contributed by atoms with E-state index in [0.29, 0.717) is 5.02 Å². The summed E-state index contributed by atoms with van der Waals surface area (Å²) >= 11 is 5.76. The molecule has 0 amide bonds. The molecule has 0 fully saturated rings. The van der Waals surface area contributed by atoms with Crippen molar-refractivity contribution in [2.75, 3.05) is 6.54 Å². The maximum atomic E-state index is 12.9. The molecule has 16 heavy (non-hydrogen) atoms. The maximum Gasteiger partial charge on any atom is 0.243 e. The van der Waals surface area contributed by atoms with Gasteiger partial charge in [0.05, 0.1) is 0 Å². The van der Waals surface area contributed by atoms with Crippen LogP contribution in [0.1, 0.15) is 19.4 Å². The van der Waals surface area contributed by atoms with Crippen molar-refractivity contribution in [3.8, 4) is 0 Å². The van der Waals surface area contributed by atoms with Gasteiger partial charge in [-0.1, -0.05) is 37.6 Å². The maximum absolute atomic E-state index is 12.9. The standard InChI is InChI=1S/C12H16ClF2N/c1-12(2,10(7-16)11(14)15)8-3-5-9(13)6-4-8/h3-6,10-11H,7,16H2,1-2H3. The van der Waals surface area contributed by atoms with E-state index in [1.54, 1.807) is 38.1 Å². The Labute approximate surface area is 99.6 Å². The molecule has 90 valence electrons. The summed E-state index contributed by atoms with van der Waals surface area (Å²) in [5.74, 6) is -0.853. The van der Waals surface area contributed by atoms with E-state index >= 15 is 0 Å². The average Bonchev–Trinajstić information content (AvgIpc) is 2.18. The Bertz CT molecular complexity index is 335. The van der Waals surface area contributed by atoms with Gasteiger partial charge in [-0.25, -0.2) is 8.78 Å². The molecule has 0 saturated heterocycles. The molecule has 1 atom stereocenters. The van der Waals surface area contributed by atoms with Crippen LogP contribution in [0.15, 0.2) is 24.3 Å². The third-order valence-electron chi connectivity index (χ3n) is 3.07. The van der Waals surface area contributed by atoms with Crippen molar-refractivity contribution in [3.63, 3.8) is 0 Å². The van der Waals surface area contributed by atoms with Crippen molar-refractivity contribution in [3.05, 3.63) is 34.9 Å². The number of halogens is 3. The summed E-state index contributed by atoms with van der Waals surface area (Å²) in [6, 6.07) is 6.95. The SMILES string of the molecule is CC(C)(c1ccc(Cl)cc1)C(CN)C(F)F. The van der Waals surface area contributed by atoms with E-state index in [1.165, 1.54) is 0 Å². The zero-order valence-corrected chi connectivity index (χ0v) is 10.1. The summed E-state index contributed by atoms with van der Waals surface area (Å²) in [5.41, 5.74) is 5.59. The Hall–Kier alpha value is -0.670. The summed E-state index contributed by atoms with van der Waals surface area (Å²) in [7, 11) is 0. The van der Waals surface area contributed by atoms with Crippen LogP contribution in [0.3, 0.4) is 0 Å². The molecule has 0 aliphatic rings. The van der Waals surface area contributed by atoms with Gasteiger partial charge < -0.3 is 5.73 Å². The molecule has 0 spiro atoms. The molecule has 1 rings (SSSR count). The lowest BCUT2D eigenvalue weighted by atomic mass is 9.73. The zero-order chi connectivity index (χ0) is 12.3. The van der Waals surface area contributed by atoms with Crippen molar-refractivity contribution < 1.29 is 8.78 Å². The molecule has 4 heteroatoms. The Morgan fingerprint density at radius 2 is 1.75 bits per heavy atom. The largest absolute Gasteiger partial charge is 0.330 e. The second-order valence-electron chi connectivity index (χ2n) is 4.41. The van der Waals surface area contributed by atoms with Crippen molar-refractivity contribution in [1.29, 1.82) is 0 Å². The van der Waals surface area contributed by atoms with Crippen LogP contribution in [0, 0.1) is 5.92 Å². The first-order valence-corrected chi connectivity index (χ1v) is 5.51. The number of benzene rings is 1. The zero-order valence-electron chi connectivity index (χ0n) is 9.38. The first-order chi connectivity index (χ1) is 7.39. The first-order valence-electron chi connectivity index (χ1n) is 5.14. The van der Waals surface area contributed by atoms with Crippen LogP contribution in [0.2, 0.25) is 5.02 Å². The van der Waals surface area contributed by atoms with Crippen molar-refractivity contribution >= 4 is 11.6 Å². The topological polar surface area (TPSA) is 26.0 Å². The molecule has 2 N–H and O–H groups in total. The van der Waals surface area contributed by atoms with E-state index in [1.807, 2.05) is 0 Å². The lowest BCUT2D eigenvalue weighted by Gasteiger charge is -2.33. The van der Waals surface area contributed by atoms with E-state index in [4.69, 9.17) is 17.3 Å². The van der Waals surface area contributed by atoms with Crippen LogP contribution < -0.4 is 5.73 Å². The molecular formula is C12H16ClF2N. The van der Waals surface area contributed by atoms with E-state index in [-0.39, 0.29) is 6.54 Å². The van der Waals surface area contributed by atoms with Crippen LogP contribution in [0.25, 0.3) is 0 Å². The fraction of sp³-hybridized carbons (Fsp3) is 0.500. The third-order valence-corrected chi connectivity index (χ3v) is 3.33. The minimum atomic E-state index is -2.42. The fourth-order valence-corrected chi connectivity index (χ4v) is 1.93. The highest BCUT2D eigenvalue weighted by atomic mass is 35.5. The highest BCUT2D eigenvalue weighted by Crippen LogP contribution is 2.35. The summed E-state index contributed by atoms with van der Waals surface area (Å²) in [5, 5.41) is 0.598. The normalized spacial score (nSPS) is 14.2. The van der Waals surface area contributed by atoms with E-state index in [9.17, 15) is 8.78 Å². The molecule has 0 bridgehead atoms. The first kappa shape index (κ1) is 13.4. The second-order valence-corrected chi connectivity index (χ2v) is 4.84. The van der Waals surface area contributed by atoms with Gasteiger partial charge in [-0.2, -0.15) is 0 Å². The number of hydrogen-bond acceptors (Lipinski definition) is 1. The van der Waals surface area contributed by atoms with Gasteiger partial charge in [0, 0.05) is 17.5 Å². The van der Waals surface area contributed by atoms with E-state index in [2.05, 4.69) is 0 Å². The van der Waals surface area contributed by atoms with Gasteiger partial charge in [0.15, 0.2) is 0 Å². The Morgan fingerprint density at radius 1 is 1.25 bits per heavy atom. The van der Waals surface area contributed by atoms with Crippen molar-refractivity contribution in [2.24, 2.45) is 11.7 Å². The Morgan fingerprint density at radius 3 is 2.12 bits per heavy atom. The minimum Gasteiger partial charge on any atom is -0.330 e. The number of alkyl halides is 2. The van der Waals surface area contributed by atoms with Gasteiger partial charge in [0.1, 0.15) is 0 Å². The van der Waals surface area contributed by atoms with Crippen LogP contribution in [-0.4, -0.2) is 13.0 Å². The Kier molecular flexibility index (Phi) is 4.28. The molecule has 0 aliphatic carbocycles. The van der Waals surface area contributed by atoms with Gasteiger partial charge >= 0.3 is 0 Å². The molecule has 0 aromatic heterocycles. The highest BCUT2D eigenvalue weighted by molar-refractivity contribution is 6.30. The molecule has 0 saturated carbocycles. The van der Waals surface area contributed by atoms with Crippen LogP contribution in [-0.2, 0) is 5.41 Å². The third kappa shape index (κ3) is 2.71. The monoisotopic (exact) mass is 247 g/mol. The summed E-state index contributed by atoms with van der Waals surface area (Å²) in [4.78, 5) is 0. The molecule has 0 radical (unpaired) electrons. The molecule has 0 aliphatic heterocycles. The molecule has 1 aromatic rings. The molecule has 0 heterocycles. The predicted molar refractivity (Wildman–Crippen MR) is 63.0 cm³/mol. The second kappa shape index (κ2) is 5.11. The van der Waals surface area contributed by atoms with Gasteiger partial charge in [0.2, 0.25) is 6.43 Å². The number of rotatable bonds is 4. The number of nitrogens with two attached hydrogens (primary N) is 1. The molecule has 1 aromatic carbocycles. The van der Waals surface area contributed by atoms with Crippen LogP contribution in [0.4, 0.5) is 8.78 Å². The van der Waals surface area contributed by atoms with E-state index in [0.717, 1.165) is 5.56 Å². The average molecular weight is 248 g/mol. The predicted octanol–water partition coefficient (Wildman–Crippen LogP) is 3.46. The quantitative estimate of drug-likeness (QED) is 0.867. The van der Waals surface area contributed by atoms with E-state index < -0.39 is 17.8 Å². The summed E-state index contributed by atoms with van der Waals surface area (Å²) < 4.78 is 25.7. The molecular weight excluding hydrogens is 232 g/mol. The van der Waals surface area contributed by atoms with Gasteiger partial charge in [-0.05, 0) is 23.1 Å². The fourth-order valence-electron chi connectivity index (χ4n) is 1.81. The van der Waals surface area contributed by atoms with Crippen molar-refractivity contribution in [1.82, 2.24) is 0 Å². The van der Waals surface area contributed by atoms with Gasteiger partial charge in [-0.3, -0.25) is 0 Å². The minimum absolute atomic E-state index is 0.0344. The summed E-state index contributed by atoms with van der Waals surface area (Å²) in [6.45, 7) is 3.52. The number of hydrogen-bond donors (Lipinski definition) is 1. The van der Waals surface area contributed by atoms with Gasteiger partial charge in [0.25, 0.3) is 0 Å². The Balaban J connectivity index is 3.03. The summed E-state index contributed by atoms with van der Waals surface area (Å²) in [6.07, 6.45) is -2.42. The molecule has 1 nitrogen and oxygen atoms in total. The van der Waals surface area contributed by atoms with Crippen molar-refractivity contribution in [2.45, 2.75) is 25.7 Å². The van der Waals surface area contributed by atoms with Crippen LogP contribution in [0.5, 0.6) is 0 Å². The van der Waals surface area contributed by atoms with Crippen LogP contribution >= 0.6 is 11.6 Å². The highest BCUT2D eigenvalue weighted by Gasteiger charge is 2.36. The lowest BCUT2D eigenvalue weighted by molar-refractivity contribution is 0.0434. The smallest absolute Gasteiger partial charge is 0.243 e. The van der Waals surface area contributed by atoms with Gasteiger partial charge in [-0.15, -0.1) is 0 Å². The lowest BCUT2D eigenvalue weighted by Crippen LogP contribution is -2.39. The molecule has 1 unspecified atom stereocenters.